The molecule has 0 aliphatic heterocycles. The van der Waals surface area contributed by atoms with Crippen LogP contribution in [0, 0.1) is 5.82 Å². The molecule has 1 aromatic heterocycles. The van der Waals surface area contributed by atoms with E-state index in [1.54, 1.807) is 12.1 Å². The number of imidazole rings is 1. The van der Waals surface area contributed by atoms with Crippen molar-refractivity contribution in [3.8, 4) is 22.6 Å². The fraction of sp³-hybridized carbons (Fsp3) is 0. The standard InChI is InChI=1S/C15H12FN3/c16-12-6-4-10(5-7-12)15-18-9-14(19-15)11-2-1-3-13(17)8-11/h1-9H,17H2,(H,18,19). The van der Waals surface area contributed by atoms with Crippen LogP contribution in [0.2, 0.25) is 0 Å². The first kappa shape index (κ1) is 11.5. The minimum atomic E-state index is -0.258. The summed E-state index contributed by atoms with van der Waals surface area (Å²) in [6.45, 7) is 0. The van der Waals surface area contributed by atoms with Crippen LogP contribution in [0.25, 0.3) is 22.6 Å². The van der Waals surface area contributed by atoms with Gasteiger partial charge in [0.05, 0.1) is 5.69 Å². The van der Waals surface area contributed by atoms with E-state index >= 15 is 0 Å². The molecule has 0 atom stereocenters. The topological polar surface area (TPSA) is 54.7 Å². The second kappa shape index (κ2) is 4.57. The van der Waals surface area contributed by atoms with E-state index in [9.17, 15) is 4.39 Å². The van der Waals surface area contributed by atoms with Crippen LogP contribution in [0.15, 0.2) is 54.7 Å². The summed E-state index contributed by atoms with van der Waals surface area (Å²) in [4.78, 5) is 7.57. The zero-order chi connectivity index (χ0) is 13.2. The van der Waals surface area contributed by atoms with Gasteiger partial charge in [-0.25, -0.2) is 9.37 Å². The molecule has 0 aliphatic carbocycles. The summed E-state index contributed by atoms with van der Waals surface area (Å²) in [6.07, 6.45) is 1.81. The molecule has 0 bridgehead atoms. The van der Waals surface area contributed by atoms with Crippen molar-refractivity contribution in [3.63, 3.8) is 0 Å². The summed E-state index contributed by atoms with van der Waals surface area (Å²) >= 11 is 0. The number of aromatic amines is 1. The Labute approximate surface area is 109 Å². The first-order valence-corrected chi connectivity index (χ1v) is 5.89. The van der Waals surface area contributed by atoms with Gasteiger partial charge in [-0.1, -0.05) is 12.1 Å². The zero-order valence-corrected chi connectivity index (χ0v) is 10.1. The molecule has 3 nitrogen and oxygen atoms in total. The van der Waals surface area contributed by atoms with E-state index in [2.05, 4.69) is 9.97 Å². The van der Waals surface area contributed by atoms with Gasteiger partial charge < -0.3 is 10.7 Å². The number of anilines is 1. The lowest BCUT2D eigenvalue weighted by atomic mass is 10.1. The largest absolute Gasteiger partial charge is 0.399 e. The zero-order valence-electron chi connectivity index (χ0n) is 10.1. The number of H-pyrrole nitrogens is 1. The fourth-order valence-electron chi connectivity index (χ4n) is 1.92. The average molecular weight is 253 g/mol. The number of nitrogens with zero attached hydrogens (tertiary/aromatic N) is 1. The Morgan fingerprint density at radius 2 is 1.79 bits per heavy atom. The number of nitrogens with two attached hydrogens (primary N) is 1. The highest BCUT2D eigenvalue weighted by atomic mass is 19.1. The van der Waals surface area contributed by atoms with Gasteiger partial charge in [-0.2, -0.15) is 0 Å². The second-order valence-electron chi connectivity index (χ2n) is 4.27. The minimum absolute atomic E-state index is 0.258. The normalized spacial score (nSPS) is 10.6. The smallest absolute Gasteiger partial charge is 0.138 e. The number of nitrogen functional groups attached to an aromatic ring is 1. The van der Waals surface area contributed by atoms with E-state index in [1.165, 1.54) is 12.1 Å². The van der Waals surface area contributed by atoms with Crippen molar-refractivity contribution in [1.82, 2.24) is 9.97 Å². The van der Waals surface area contributed by atoms with Gasteiger partial charge in [0, 0.05) is 23.0 Å². The van der Waals surface area contributed by atoms with Crippen LogP contribution in [-0.2, 0) is 0 Å². The third kappa shape index (κ3) is 2.33. The summed E-state index contributed by atoms with van der Waals surface area (Å²) in [6, 6.07) is 13.7. The molecule has 0 unspecified atom stereocenters. The number of aromatic nitrogens is 2. The van der Waals surface area contributed by atoms with Crippen LogP contribution in [0.1, 0.15) is 0 Å². The summed E-state index contributed by atoms with van der Waals surface area (Å²) < 4.78 is 12.9. The molecule has 19 heavy (non-hydrogen) atoms. The Hall–Kier alpha value is -2.62. The van der Waals surface area contributed by atoms with Crippen molar-refractivity contribution in [1.29, 1.82) is 0 Å². The lowest BCUT2D eigenvalue weighted by molar-refractivity contribution is 0.628. The minimum Gasteiger partial charge on any atom is -0.399 e. The van der Waals surface area contributed by atoms with E-state index < -0.39 is 0 Å². The van der Waals surface area contributed by atoms with Gasteiger partial charge in [0.2, 0.25) is 0 Å². The van der Waals surface area contributed by atoms with Gasteiger partial charge in [-0.3, -0.25) is 0 Å². The monoisotopic (exact) mass is 253 g/mol. The third-order valence-electron chi connectivity index (χ3n) is 2.88. The van der Waals surface area contributed by atoms with Crippen LogP contribution >= 0.6 is 0 Å². The third-order valence-corrected chi connectivity index (χ3v) is 2.88. The van der Waals surface area contributed by atoms with Crippen molar-refractivity contribution >= 4 is 5.69 Å². The van der Waals surface area contributed by atoms with Crippen LogP contribution in [0.3, 0.4) is 0 Å². The Morgan fingerprint density at radius 3 is 2.53 bits per heavy atom. The predicted molar refractivity (Wildman–Crippen MR) is 73.8 cm³/mol. The van der Waals surface area contributed by atoms with Crippen molar-refractivity contribution in [2.45, 2.75) is 0 Å². The molecule has 4 heteroatoms. The number of halogens is 1. The Balaban J connectivity index is 1.97. The first-order chi connectivity index (χ1) is 9.22. The summed E-state index contributed by atoms with van der Waals surface area (Å²) in [5.74, 6) is 0.448. The second-order valence-corrected chi connectivity index (χ2v) is 4.27. The number of nitrogens with one attached hydrogen (secondary N) is 1. The number of hydrogen-bond donors (Lipinski definition) is 2. The lowest BCUT2D eigenvalue weighted by Gasteiger charge is -1.98. The molecule has 3 N–H and O–H groups in total. The van der Waals surface area contributed by atoms with E-state index in [4.69, 9.17) is 5.73 Å². The quantitative estimate of drug-likeness (QED) is 0.687. The molecule has 0 amide bonds. The highest BCUT2D eigenvalue weighted by molar-refractivity contribution is 5.67. The van der Waals surface area contributed by atoms with Gasteiger partial charge in [0.1, 0.15) is 11.6 Å². The Kier molecular flexibility index (Phi) is 2.76. The maximum atomic E-state index is 12.9. The first-order valence-electron chi connectivity index (χ1n) is 5.89. The molecule has 2 aromatic carbocycles. The molecule has 0 saturated carbocycles. The van der Waals surface area contributed by atoms with E-state index in [0.29, 0.717) is 11.5 Å². The number of rotatable bonds is 2. The summed E-state index contributed by atoms with van der Waals surface area (Å²) in [5, 5.41) is 0. The predicted octanol–water partition coefficient (Wildman–Crippen LogP) is 3.47. The Morgan fingerprint density at radius 1 is 1.00 bits per heavy atom. The SMILES string of the molecule is Nc1cccc(-c2c[nH]c(-c3ccc(F)cc3)n2)c1. The van der Waals surface area contributed by atoms with E-state index in [1.807, 2.05) is 30.5 Å². The maximum Gasteiger partial charge on any atom is 0.138 e. The molecule has 0 fully saturated rings. The molecular formula is C15H12FN3. The molecule has 3 rings (SSSR count). The molecule has 0 spiro atoms. The highest BCUT2D eigenvalue weighted by Crippen LogP contribution is 2.23. The van der Waals surface area contributed by atoms with E-state index in [0.717, 1.165) is 16.8 Å². The van der Waals surface area contributed by atoms with Crippen LogP contribution < -0.4 is 5.73 Å². The van der Waals surface area contributed by atoms with Gasteiger partial charge in [0.25, 0.3) is 0 Å². The highest BCUT2D eigenvalue weighted by Gasteiger charge is 2.06. The van der Waals surface area contributed by atoms with Gasteiger partial charge >= 0.3 is 0 Å². The van der Waals surface area contributed by atoms with Crippen molar-refractivity contribution in [2.24, 2.45) is 0 Å². The van der Waals surface area contributed by atoms with E-state index in [-0.39, 0.29) is 5.82 Å². The molecule has 3 aromatic rings. The molecular weight excluding hydrogens is 241 g/mol. The molecule has 1 heterocycles. The van der Waals surface area contributed by atoms with Crippen LogP contribution in [-0.4, -0.2) is 9.97 Å². The Bertz CT molecular complexity index is 701. The number of hydrogen-bond acceptors (Lipinski definition) is 2. The average Bonchev–Trinajstić information content (AvgIpc) is 2.89. The molecule has 0 aliphatic rings. The maximum absolute atomic E-state index is 12.9. The van der Waals surface area contributed by atoms with Crippen LogP contribution in [0.4, 0.5) is 10.1 Å². The molecule has 94 valence electrons. The van der Waals surface area contributed by atoms with Gasteiger partial charge in [-0.15, -0.1) is 0 Å². The fourth-order valence-corrected chi connectivity index (χ4v) is 1.92. The summed E-state index contributed by atoms with van der Waals surface area (Å²) in [7, 11) is 0. The summed E-state index contributed by atoms with van der Waals surface area (Å²) in [5.41, 5.74) is 9.05. The van der Waals surface area contributed by atoms with Crippen molar-refractivity contribution in [3.05, 3.63) is 60.5 Å². The van der Waals surface area contributed by atoms with Gasteiger partial charge in [0.15, 0.2) is 0 Å². The lowest BCUT2D eigenvalue weighted by Crippen LogP contribution is -1.85. The number of benzene rings is 2. The molecule has 0 saturated heterocycles. The van der Waals surface area contributed by atoms with Crippen LogP contribution in [0.5, 0.6) is 0 Å². The van der Waals surface area contributed by atoms with Crippen molar-refractivity contribution < 1.29 is 4.39 Å². The van der Waals surface area contributed by atoms with Crippen molar-refractivity contribution in [2.75, 3.05) is 5.73 Å². The van der Waals surface area contributed by atoms with Gasteiger partial charge in [-0.05, 0) is 36.4 Å². The molecule has 0 radical (unpaired) electrons.